The van der Waals surface area contributed by atoms with Crippen molar-refractivity contribution in [3.63, 3.8) is 0 Å². The Morgan fingerprint density at radius 3 is 2.44 bits per heavy atom. The number of anilines is 1. The van der Waals surface area contributed by atoms with Crippen molar-refractivity contribution >= 4 is 34.1 Å². The van der Waals surface area contributed by atoms with Crippen LogP contribution in [0.1, 0.15) is 46.0 Å². The molecule has 1 N–H and O–H groups in total. The number of carbonyl (C=O) groups excluding carboxylic acids is 3. The number of carbonyl (C=O) groups is 3. The predicted molar refractivity (Wildman–Crippen MR) is 131 cm³/mol. The molecule has 0 atom stereocenters. The molecule has 0 radical (unpaired) electrons. The van der Waals surface area contributed by atoms with Crippen molar-refractivity contribution in [1.82, 2.24) is 4.90 Å². The van der Waals surface area contributed by atoms with Gasteiger partial charge in [-0.05, 0) is 48.7 Å². The molecule has 1 aliphatic heterocycles. The van der Waals surface area contributed by atoms with E-state index in [-0.39, 0.29) is 18.4 Å². The number of rotatable bonds is 8. The van der Waals surface area contributed by atoms with Crippen LogP contribution in [0.4, 0.5) is 5.00 Å². The molecule has 7 nitrogen and oxygen atoms in total. The first-order chi connectivity index (χ1) is 16.5. The Morgan fingerprint density at radius 1 is 1.09 bits per heavy atom. The minimum Gasteiger partial charge on any atom is -0.497 e. The number of ether oxygens (including phenoxy) is 2. The summed E-state index contributed by atoms with van der Waals surface area (Å²) in [6, 6.07) is 14.5. The van der Waals surface area contributed by atoms with Gasteiger partial charge in [0.1, 0.15) is 16.3 Å². The van der Waals surface area contributed by atoms with Crippen LogP contribution in [0.5, 0.6) is 5.75 Å². The summed E-state index contributed by atoms with van der Waals surface area (Å²) in [7, 11) is 1.59. The van der Waals surface area contributed by atoms with Crippen molar-refractivity contribution < 1.29 is 23.9 Å². The normalized spacial score (nSPS) is 13.1. The van der Waals surface area contributed by atoms with E-state index >= 15 is 0 Å². The van der Waals surface area contributed by atoms with E-state index in [1.807, 2.05) is 46.7 Å². The second-order valence-corrected chi connectivity index (χ2v) is 8.75. The molecule has 2 amide bonds. The van der Waals surface area contributed by atoms with Crippen LogP contribution in [0.3, 0.4) is 0 Å². The summed E-state index contributed by atoms with van der Waals surface area (Å²) < 4.78 is 10.5. The summed E-state index contributed by atoms with van der Waals surface area (Å²) in [5.41, 5.74) is 3.27. The van der Waals surface area contributed by atoms with Gasteiger partial charge in [0.25, 0.3) is 5.91 Å². The van der Waals surface area contributed by atoms with Gasteiger partial charge >= 0.3 is 5.97 Å². The zero-order chi connectivity index (χ0) is 24.1. The maximum absolute atomic E-state index is 12.9. The maximum Gasteiger partial charge on any atom is 0.341 e. The molecule has 4 rings (SSSR count). The third-order valence-electron chi connectivity index (χ3n) is 5.66. The van der Waals surface area contributed by atoms with Gasteiger partial charge in [-0.3, -0.25) is 9.59 Å². The zero-order valence-electron chi connectivity index (χ0n) is 19.1. The summed E-state index contributed by atoms with van der Waals surface area (Å²) in [5.74, 6) is 0.0642. The Labute approximate surface area is 202 Å². The van der Waals surface area contributed by atoms with Crippen LogP contribution in [0.25, 0.3) is 11.1 Å². The van der Waals surface area contributed by atoms with E-state index in [1.54, 1.807) is 26.2 Å². The SMILES string of the molecule is CCOC(=O)c1c(-c2ccc(OC)cc2)csc1NC(=O)c1ccc(CN2CCCC2=O)cc1. The predicted octanol–water partition coefficient (Wildman–Crippen LogP) is 4.98. The first-order valence-electron chi connectivity index (χ1n) is 11.1. The topological polar surface area (TPSA) is 84.9 Å². The highest BCUT2D eigenvalue weighted by atomic mass is 32.1. The number of hydrogen-bond donors (Lipinski definition) is 1. The molecule has 2 aromatic carbocycles. The molecular formula is C26H26N2O5S. The second-order valence-electron chi connectivity index (χ2n) is 7.87. The minimum absolute atomic E-state index is 0.165. The Balaban J connectivity index is 1.54. The van der Waals surface area contributed by atoms with Crippen LogP contribution in [-0.4, -0.2) is 42.9 Å². The first kappa shape index (κ1) is 23.5. The lowest BCUT2D eigenvalue weighted by Crippen LogP contribution is -2.23. The first-order valence-corrected chi connectivity index (χ1v) is 12.0. The van der Waals surface area contributed by atoms with Gasteiger partial charge in [-0.1, -0.05) is 24.3 Å². The van der Waals surface area contributed by atoms with Gasteiger partial charge in [-0.25, -0.2) is 4.79 Å². The molecule has 1 fully saturated rings. The highest BCUT2D eigenvalue weighted by Crippen LogP contribution is 2.37. The average molecular weight is 479 g/mol. The molecule has 34 heavy (non-hydrogen) atoms. The van der Waals surface area contributed by atoms with E-state index < -0.39 is 5.97 Å². The fourth-order valence-electron chi connectivity index (χ4n) is 3.87. The zero-order valence-corrected chi connectivity index (χ0v) is 19.9. The van der Waals surface area contributed by atoms with Crippen molar-refractivity contribution in [2.45, 2.75) is 26.3 Å². The fourth-order valence-corrected chi connectivity index (χ4v) is 4.82. The van der Waals surface area contributed by atoms with Crippen LogP contribution >= 0.6 is 11.3 Å². The molecule has 176 valence electrons. The van der Waals surface area contributed by atoms with Crippen LogP contribution in [0.15, 0.2) is 53.9 Å². The third-order valence-corrected chi connectivity index (χ3v) is 6.56. The second kappa shape index (κ2) is 10.5. The Hall–Kier alpha value is -3.65. The van der Waals surface area contributed by atoms with Gasteiger partial charge in [0, 0.05) is 36.0 Å². The number of nitrogens with one attached hydrogen (secondary N) is 1. The highest BCUT2D eigenvalue weighted by molar-refractivity contribution is 7.15. The van der Waals surface area contributed by atoms with E-state index in [2.05, 4.69) is 5.32 Å². The quantitative estimate of drug-likeness (QED) is 0.462. The Kier molecular flexibility index (Phi) is 7.27. The van der Waals surface area contributed by atoms with Crippen LogP contribution in [0.2, 0.25) is 0 Å². The monoisotopic (exact) mass is 478 g/mol. The summed E-state index contributed by atoms with van der Waals surface area (Å²) in [6.45, 7) is 3.29. The number of amides is 2. The number of thiophene rings is 1. The van der Waals surface area contributed by atoms with Gasteiger partial charge in [-0.2, -0.15) is 0 Å². The minimum atomic E-state index is -0.490. The van der Waals surface area contributed by atoms with Crippen molar-refractivity contribution in [3.8, 4) is 16.9 Å². The summed E-state index contributed by atoms with van der Waals surface area (Å²) in [4.78, 5) is 39.4. The van der Waals surface area contributed by atoms with Crippen LogP contribution in [0, 0.1) is 0 Å². The number of nitrogens with zero attached hydrogens (tertiary/aromatic N) is 1. The molecule has 0 spiro atoms. The number of methoxy groups -OCH3 is 1. The lowest BCUT2D eigenvalue weighted by molar-refractivity contribution is -0.128. The summed E-state index contributed by atoms with van der Waals surface area (Å²) in [5, 5.41) is 5.13. The molecule has 0 unspecified atom stereocenters. The Morgan fingerprint density at radius 2 is 1.82 bits per heavy atom. The van der Waals surface area contributed by atoms with E-state index in [1.165, 1.54) is 11.3 Å². The smallest absolute Gasteiger partial charge is 0.341 e. The van der Waals surface area contributed by atoms with E-state index in [9.17, 15) is 14.4 Å². The van der Waals surface area contributed by atoms with Gasteiger partial charge in [0.2, 0.25) is 5.91 Å². The molecule has 1 aromatic heterocycles. The fraction of sp³-hybridized carbons (Fsp3) is 0.269. The number of benzene rings is 2. The van der Waals surface area contributed by atoms with Crippen molar-refractivity contribution in [2.24, 2.45) is 0 Å². The molecule has 8 heteroatoms. The lowest BCUT2D eigenvalue weighted by Gasteiger charge is -2.15. The molecule has 1 aliphatic rings. The highest BCUT2D eigenvalue weighted by Gasteiger charge is 2.24. The molecule has 0 aliphatic carbocycles. The number of hydrogen-bond acceptors (Lipinski definition) is 6. The molecule has 2 heterocycles. The van der Waals surface area contributed by atoms with Gasteiger partial charge in [0.15, 0.2) is 0 Å². The van der Waals surface area contributed by atoms with Gasteiger partial charge in [0.05, 0.1) is 13.7 Å². The Bertz CT molecular complexity index is 1180. The summed E-state index contributed by atoms with van der Waals surface area (Å²) >= 11 is 1.27. The molecule has 0 bridgehead atoms. The van der Waals surface area contributed by atoms with E-state index in [0.717, 1.165) is 24.1 Å². The lowest BCUT2D eigenvalue weighted by atomic mass is 10.0. The van der Waals surface area contributed by atoms with E-state index in [4.69, 9.17) is 9.47 Å². The molecule has 0 saturated carbocycles. The van der Waals surface area contributed by atoms with Crippen molar-refractivity contribution in [2.75, 3.05) is 25.6 Å². The molecule has 3 aromatic rings. The van der Waals surface area contributed by atoms with Gasteiger partial charge in [-0.15, -0.1) is 11.3 Å². The van der Waals surface area contributed by atoms with E-state index in [0.29, 0.717) is 40.4 Å². The maximum atomic E-state index is 12.9. The molecule has 1 saturated heterocycles. The standard InChI is InChI=1S/C26H26N2O5S/c1-3-33-26(31)23-21(18-10-12-20(32-2)13-11-18)16-34-25(23)27-24(30)19-8-6-17(7-9-19)15-28-14-4-5-22(28)29/h6-13,16H,3-5,14-15H2,1-2H3,(H,27,30). The number of esters is 1. The largest absolute Gasteiger partial charge is 0.497 e. The van der Waals surface area contributed by atoms with Crippen molar-refractivity contribution in [1.29, 1.82) is 0 Å². The molecular weight excluding hydrogens is 452 g/mol. The number of likely N-dealkylation sites (tertiary alicyclic amines) is 1. The van der Waals surface area contributed by atoms with Crippen LogP contribution in [-0.2, 0) is 16.1 Å². The van der Waals surface area contributed by atoms with Crippen LogP contribution < -0.4 is 10.1 Å². The van der Waals surface area contributed by atoms with Gasteiger partial charge < -0.3 is 19.7 Å². The van der Waals surface area contributed by atoms with Crippen molar-refractivity contribution in [3.05, 3.63) is 70.6 Å². The third kappa shape index (κ3) is 5.12. The summed E-state index contributed by atoms with van der Waals surface area (Å²) in [6.07, 6.45) is 1.49. The average Bonchev–Trinajstić information content (AvgIpc) is 3.45.